The smallest absolute Gasteiger partial charge is 0.223 e. The Morgan fingerprint density at radius 1 is 1.29 bits per heavy atom. The van der Waals surface area contributed by atoms with Crippen LogP contribution in [0.25, 0.3) is 16.7 Å². The van der Waals surface area contributed by atoms with Crippen molar-refractivity contribution >= 4 is 22.6 Å². The first-order chi connectivity index (χ1) is 11.7. The molecule has 0 N–H and O–H groups in total. The molecule has 0 radical (unpaired) electrons. The number of aromatic nitrogens is 4. The number of fused-ring (bicyclic) bond motifs is 1. The fourth-order valence-corrected chi connectivity index (χ4v) is 2.80. The second kappa shape index (κ2) is 6.33. The summed E-state index contributed by atoms with van der Waals surface area (Å²) in [5.74, 6) is -0.304. The Balaban J connectivity index is 1.68. The van der Waals surface area contributed by atoms with E-state index in [-0.39, 0.29) is 11.0 Å². The highest BCUT2D eigenvalue weighted by atomic mass is 35.5. The van der Waals surface area contributed by atoms with Crippen molar-refractivity contribution in [2.45, 2.75) is 25.6 Å². The van der Waals surface area contributed by atoms with Crippen LogP contribution >= 0.6 is 11.6 Å². The number of hydrogen-bond acceptors (Lipinski definition) is 5. The first kappa shape index (κ1) is 15.3. The quantitative estimate of drug-likeness (QED) is 0.678. The Morgan fingerprint density at radius 3 is 3.04 bits per heavy atom. The summed E-state index contributed by atoms with van der Waals surface area (Å²) in [5, 5.41) is 4.42. The largest absolute Gasteiger partial charge is 0.462 e. The van der Waals surface area contributed by atoms with Crippen LogP contribution in [0, 0.1) is 5.82 Å². The zero-order valence-corrected chi connectivity index (χ0v) is 13.4. The highest BCUT2D eigenvalue weighted by Crippen LogP contribution is 2.26. The van der Waals surface area contributed by atoms with Gasteiger partial charge in [-0.3, -0.25) is 0 Å². The number of hydrogen-bond donors (Lipinski definition) is 0. The van der Waals surface area contributed by atoms with Gasteiger partial charge >= 0.3 is 0 Å². The van der Waals surface area contributed by atoms with Gasteiger partial charge in [-0.15, -0.1) is 0 Å². The molecule has 1 aromatic carbocycles. The summed E-state index contributed by atoms with van der Waals surface area (Å²) in [7, 11) is 0. The fourth-order valence-electron chi connectivity index (χ4n) is 2.66. The first-order valence-corrected chi connectivity index (χ1v) is 8.03. The SMILES string of the molecule is Fc1ccc(-n2ncc3nc(Cl)ncc32)cc1OC1CCCCO1. The van der Waals surface area contributed by atoms with Crippen molar-refractivity contribution in [3.05, 3.63) is 41.7 Å². The van der Waals surface area contributed by atoms with E-state index in [4.69, 9.17) is 21.1 Å². The van der Waals surface area contributed by atoms with Crippen LogP contribution in [-0.2, 0) is 4.74 Å². The third-order valence-corrected chi connectivity index (χ3v) is 4.03. The molecule has 0 aliphatic carbocycles. The molecular formula is C16H14ClFN4O2. The topological polar surface area (TPSA) is 62.1 Å². The van der Waals surface area contributed by atoms with E-state index >= 15 is 0 Å². The van der Waals surface area contributed by atoms with Gasteiger partial charge < -0.3 is 9.47 Å². The predicted octanol–water partition coefficient (Wildman–Crippen LogP) is 3.51. The predicted molar refractivity (Wildman–Crippen MR) is 85.8 cm³/mol. The standard InChI is InChI=1S/C16H14ClFN4O2/c17-16-19-9-13-12(21-16)8-20-22(13)10-4-5-11(18)14(7-10)24-15-3-1-2-6-23-15/h4-5,7-9,15H,1-3,6H2. The summed E-state index contributed by atoms with van der Waals surface area (Å²) in [4.78, 5) is 8.07. The van der Waals surface area contributed by atoms with E-state index in [0.717, 1.165) is 19.3 Å². The highest BCUT2D eigenvalue weighted by Gasteiger charge is 2.18. The summed E-state index contributed by atoms with van der Waals surface area (Å²) in [6.45, 7) is 0.633. The average Bonchev–Trinajstić information content (AvgIpc) is 3.01. The molecule has 8 heteroatoms. The van der Waals surface area contributed by atoms with Crippen LogP contribution in [0.15, 0.2) is 30.6 Å². The van der Waals surface area contributed by atoms with Crippen molar-refractivity contribution < 1.29 is 13.9 Å². The molecule has 24 heavy (non-hydrogen) atoms. The van der Waals surface area contributed by atoms with Crippen molar-refractivity contribution in [2.24, 2.45) is 0 Å². The lowest BCUT2D eigenvalue weighted by molar-refractivity contribution is -0.107. The van der Waals surface area contributed by atoms with Crippen molar-refractivity contribution in [3.8, 4) is 11.4 Å². The minimum atomic E-state index is -0.441. The van der Waals surface area contributed by atoms with Crippen molar-refractivity contribution in [2.75, 3.05) is 6.61 Å². The second-order valence-electron chi connectivity index (χ2n) is 5.49. The molecule has 1 aliphatic heterocycles. The number of benzene rings is 1. The molecule has 3 heterocycles. The number of nitrogens with zero attached hydrogens (tertiary/aromatic N) is 4. The maximum absolute atomic E-state index is 14.1. The number of ether oxygens (including phenoxy) is 2. The van der Waals surface area contributed by atoms with Gasteiger partial charge in [0.2, 0.25) is 5.28 Å². The summed E-state index contributed by atoms with van der Waals surface area (Å²) in [6, 6.07) is 4.55. The summed E-state index contributed by atoms with van der Waals surface area (Å²) >= 11 is 5.79. The van der Waals surface area contributed by atoms with Crippen LogP contribution < -0.4 is 4.74 Å². The van der Waals surface area contributed by atoms with Gasteiger partial charge in [-0.25, -0.2) is 19.0 Å². The van der Waals surface area contributed by atoms with Gasteiger partial charge in [0.1, 0.15) is 11.0 Å². The van der Waals surface area contributed by atoms with Crippen LogP contribution in [0.1, 0.15) is 19.3 Å². The molecule has 2 aromatic heterocycles. The monoisotopic (exact) mass is 348 g/mol. The summed E-state index contributed by atoms with van der Waals surface area (Å²) < 4.78 is 26.9. The third-order valence-electron chi connectivity index (χ3n) is 3.85. The molecule has 0 amide bonds. The van der Waals surface area contributed by atoms with Gasteiger partial charge in [0.05, 0.1) is 24.7 Å². The molecule has 0 spiro atoms. The summed E-state index contributed by atoms with van der Waals surface area (Å²) in [5.41, 5.74) is 1.92. The first-order valence-electron chi connectivity index (χ1n) is 7.65. The minimum absolute atomic E-state index is 0.137. The van der Waals surface area contributed by atoms with Crippen molar-refractivity contribution in [3.63, 3.8) is 0 Å². The van der Waals surface area contributed by atoms with E-state index in [1.807, 2.05) is 0 Å². The Bertz CT molecular complexity index is 880. The fraction of sp³-hybridized carbons (Fsp3) is 0.312. The van der Waals surface area contributed by atoms with E-state index < -0.39 is 12.1 Å². The number of halogens is 2. The van der Waals surface area contributed by atoms with E-state index in [1.165, 1.54) is 6.07 Å². The van der Waals surface area contributed by atoms with Crippen LogP contribution in [0.5, 0.6) is 5.75 Å². The van der Waals surface area contributed by atoms with E-state index in [2.05, 4.69) is 15.1 Å². The molecule has 1 unspecified atom stereocenters. The second-order valence-corrected chi connectivity index (χ2v) is 5.83. The Morgan fingerprint density at radius 2 is 2.21 bits per heavy atom. The average molecular weight is 349 g/mol. The molecule has 1 fully saturated rings. The zero-order chi connectivity index (χ0) is 16.5. The van der Waals surface area contributed by atoms with Crippen LogP contribution in [0.3, 0.4) is 0 Å². The van der Waals surface area contributed by atoms with Gasteiger partial charge in [0, 0.05) is 12.5 Å². The van der Waals surface area contributed by atoms with E-state index in [9.17, 15) is 4.39 Å². The molecule has 1 aliphatic rings. The highest BCUT2D eigenvalue weighted by molar-refractivity contribution is 6.28. The van der Waals surface area contributed by atoms with Crippen LogP contribution in [0.4, 0.5) is 4.39 Å². The van der Waals surface area contributed by atoms with Gasteiger partial charge in [-0.1, -0.05) is 0 Å². The van der Waals surface area contributed by atoms with Gasteiger partial charge in [0.25, 0.3) is 0 Å². The number of rotatable bonds is 3. The lowest BCUT2D eigenvalue weighted by Crippen LogP contribution is -2.25. The van der Waals surface area contributed by atoms with Gasteiger partial charge in [0.15, 0.2) is 17.9 Å². The van der Waals surface area contributed by atoms with Gasteiger partial charge in [-0.2, -0.15) is 5.10 Å². The maximum Gasteiger partial charge on any atom is 0.223 e. The minimum Gasteiger partial charge on any atom is -0.462 e. The molecular weight excluding hydrogens is 335 g/mol. The maximum atomic E-state index is 14.1. The lowest BCUT2D eigenvalue weighted by Gasteiger charge is -2.23. The van der Waals surface area contributed by atoms with Crippen molar-refractivity contribution in [1.29, 1.82) is 0 Å². The Kier molecular flexibility index (Phi) is 4.03. The lowest BCUT2D eigenvalue weighted by atomic mass is 10.2. The van der Waals surface area contributed by atoms with E-state index in [1.54, 1.807) is 29.2 Å². The van der Waals surface area contributed by atoms with E-state index in [0.29, 0.717) is 23.3 Å². The molecule has 124 valence electrons. The molecule has 6 nitrogen and oxygen atoms in total. The molecule has 3 aromatic rings. The molecule has 1 atom stereocenters. The Labute approximate surface area is 142 Å². The van der Waals surface area contributed by atoms with Gasteiger partial charge in [-0.05, 0) is 36.6 Å². The Hall–Kier alpha value is -2.25. The third kappa shape index (κ3) is 2.92. The molecule has 0 saturated carbocycles. The molecule has 0 bridgehead atoms. The summed E-state index contributed by atoms with van der Waals surface area (Å²) in [6.07, 6.45) is 5.50. The van der Waals surface area contributed by atoms with Crippen LogP contribution in [0.2, 0.25) is 5.28 Å². The normalized spacial score (nSPS) is 18.0. The molecule has 4 rings (SSSR count). The van der Waals surface area contributed by atoms with Crippen molar-refractivity contribution in [1.82, 2.24) is 19.7 Å². The van der Waals surface area contributed by atoms with Crippen LogP contribution in [-0.4, -0.2) is 32.6 Å². The molecule has 1 saturated heterocycles. The zero-order valence-electron chi connectivity index (χ0n) is 12.7.